The van der Waals surface area contributed by atoms with Gasteiger partial charge >= 0.3 is 0 Å². The van der Waals surface area contributed by atoms with Gasteiger partial charge in [-0.15, -0.1) is 0 Å². The minimum atomic E-state index is 0.0990. The zero-order valence-electron chi connectivity index (χ0n) is 9.88. The molecule has 1 aromatic carbocycles. The van der Waals surface area contributed by atoms with Crippen molar-refractivity contribution in [1.29, 1.82) is 10.5 Å². The molecule has 17 heavy (non-hydrogen) atoms. The van der Waals surface area contributed by atoms with E-state index in [0.29, 0.717) is 0 Å². The summed E-state index contributed by atoms with van der Waals surface area (Å²) < 4.78 is 0. The maximum Gasteiger partial charge on any atom is 0.130 e. The van der Waals surface area contributed by atoms with Crippen LogP contribution in [-0.2, 0) is 0 Å². The molecule has 0 saturated carbocycles. The van der Waals surface area contributed by atoms with Crippen molar-refractivity contribution in [3.05, 3.63) is 53.7 Å². The van der Waals surface area contributed by atoms with Crippen molar-refractivity contribution in [3.63, 3.8) is 0 Å². The highest BCUT2D eigenvalue weighted by molar-refractivity contribution is 5.76. The highest BCUT2D eigenvalue weighted by Gasteiger charge is 2.01. The van der Waals surface area contributed by atoms with Gasteiger partial charge in [0.1, 0.15) is 17.7 Å². The second kappa shape index (κ2) is 6.15. The zero-order chi connectivity index (χ0) is 12.7. The number of rotatable bonds is 3. The summed E-state index contributed by atoms with van der Waals surface area (Å²) in [5, 5.41) is 17.5. The van der Waals surface area contributed by atoms with Crippen molar-refractivity contribution in [1.82, 2.24) is 4.90 Å². The van der Waals surface area contributed by atoms with Gasteiger partial charge in [-0.05, 0) is 17.2 Å². The summed E-state index contributed by atoms with van der Waals surface area (Å²) in [6.45, 7) is 0. The number of nitriles is 2. The Morgan fingerprint density at radius 3 is 2.18 bits per heavy atom. The molecule has 0 aliphatic carbocycles. The van der Waals surface area contributed by atoms with Crippen molar-refractivity contribution in [2.24, 2.45) is 0 Å². The Hall–Kier alpha value is -2.52. The topological polar surface area (TPSA) is 50.8 Å². The molecule has 0 saturated heterocycles. The molecule has 1 aromatic rings. The fourth-order valence-corrected chi connectivity index (χ4v) is 1.35. The molecule has 0 radical (unpaired) electrons. The Balaban J connectivity index is 3.22. The minimum Gasteiger partial charge on any atom is -0.383 e. The van der Waals surface area contributed by atoms with Gasteiger partial charge in [-0.3, -0.25) is 0 Å². The molecule has 0 N–H and O–H groups in total. The quantitative estimate of drug-likeness (QED) is 0.584. The molecule has 0 aliphatic rings. The summed E-state index contributed by atoms with van der Waals surface area (Å²) in [4.78, 5) is 1.88. The van der Waals surface area contributed by atoms with Gasteiger partial charge < -0.3 is 4.90 Å². The van der Waals surface area contributed by atoms with Gasteiger partial charge in [0, 0.05) is 20.3 Å². The third-order valence-corrected chi connectivity index (χ3v) is 2.05. The second-order valence-corrected chi connectivity index (χ2v) is 3.70. The van der Waals surface area contributed by atoms with E-state index in [0.717, 1.165) is 11.1 Å². The minimum absolute atomic E-state index is 0.0990. The van der Waals surface area contributed by atoms with Crippen LogP contribution < -0.4 is 0 Å². The number of nitrogens with zero attached hydrogens (tertiary/aromatic N) is 3. The van der Waals surface area contributed by atoms with Gasteiger partial charge in [0.2, 0.25) is 0 Å². The number of allylic oxidation sites excluding steroid dienone is 3. The van der Waals surface area contributed by atoms with E-state index in [1.54, 1.807) is 6.08 Å². The highest BCUT2D eigenvalue weighted by Crippen LogP contribution is 2.17. The molecular weight excluding hydrogens is 210 g/mol. The van der Waals surface area contributed by atoms with E-state index in [9.17, 15) is 0 Å². The monoisotopic (exact) mass is 223 g/mol. The lowest BCUT2D eigenvalue weighted by atomic mass is 10.0. The summed E-state index contributed by atoms with van der Waals surface area (Å²) in [5.41, 5.74) is 1.92. The maximum absolute atomic E-state index is 8.77. The van der Waals surface area contributed by atoms with Gasteiger partial charge in [0.15, 0.2) is 0 Å². The molecule has 0 unspecified atom stereocenters. The molecule has 0 fully saturated rings. The largest absolute Gasteiger partial charge is 0.383 e. The summed E-state index contributed by atoms with van der Waals surface area (Å²) in [7, 11) is 3.80. The van der Waals surface area contributed by atoms with Crippen LogP contribution in [0.3, 0.4) is 0 Å². The molecule has 0 heterocycles. The Morgan fingerprint density at radius 2 is 1.71 bits per heavy atom. The van der Waals surface area contributed by atoms with E-state index in [-0.39, 0.29) is 5.57 Å². The molecule has 0 bridgehead atoms. The van der Waals surface area contributed by atoms with E-state index >= 15 is 0 Å². The standard InChI is InChI=1S/C14H13N3/c1-17(2)11-14(8-12(9-15)10-16)13-6-4-3-5-7-13/h3-8,11H,1-2H3/b14-11-. The van der Waals surface area contributed by atoms with E-state index in [2.05, 4.69) is 0 Å². The van der Waals surface area contributed by atoms with E-state index in [1.807, 2.05) is 67.7 Å². The number of hydrogen-bond acceptors (Lipinski definition) is 3. The van der Waals surface area contributed by atoms with Crippen LogP contribution in [0.25, 0.3) is 5.57 Å². The molecule has 3 nitrogen and oxygen atoms in total. The Bertz CT molecular complexity index is 495. The summed E-state index contributed by atoms with van der Waals surface area (Å²) in [5.74, 6) is 0. The summed E-state index contributed by atoms with van der Waals surface area (Å²) >= 11 is 0. The lowest BCUT2D eigenvalue weighted by molar-refractivity contribution is 0.566. The molecule has 0 spiro atoms. The Morgan fingerprint density at radius 1 is 1.12 bits per heavy atom. The van der Waals surface area contributed by atoms with E-state index in [4.69, 9.17) is 10.5 Å². The average Bonchev–Trinajstić information content (AvgIpc) is 2.35. The fourth-order valence-electron chi connectivity index (χ4n) is 1.35. The molecular formula is C14H13N3. The normalized spacial score (nSPS) is 10.0. The van der Waals surface area contributed by atoms with Gasteiger partial charge in [0.05, 0.1) is 0 Å². The van der Waals surface area contributed by atoms with Crippen LogP contribution in [0.15, 0.2) is 48.2 Å². The van der Waals surface area contributed by atoms with Crippen LogP contribution in [0.1, 0.15) is 5.56 Å². The molecule has 3 heteroatoms. The van der Waals surface area contributed by atoms with Crippen molar-refractivity contribution < 1.29 is 0 Å². The molecule has 1 rings (SSSR count). The van der Waals surface area contributed by atoms with E-state index < -0.39 is 0 Å². The third kappa shape index (κ3) is 3.85. The SMILES string of the molecule is CN(C)/C=C(/C=C(C#N)C#N)c1ccccc1. The van der Waals surface area contributed by atoms with Crippen LogP contribution in [0.4, 0.5) is 0 Å². The van der Waals surface area contributed by atoms with Gasteiger partial charge in [-0.25, -0.2) is 0 Å². The van der Waals surface area contributed by atoms with Crippen LogP contribution in [-0.4, -0.2) is 19.0 Å². The van der Waals surface area contributed by atoms with Gasteiger partial charge in [-0.1, -0.05) is 30.3 Å². The van der Waals surface area contributed by atoms with Crippen molar-refractivity contribution >= 4 is 5.57 Å². The smallest absolute Gasteiger partial charge is 0.130 e. The van der Waals surface area contributed by atoms with Crippen LogP contribution in [0, 0.1) is 22.7 Å². The first kappa shape index (κ1) is 12.5. The van der Waals surface area contributed by atoms with Gasteiger partial charge in [-0.2, -0.15) is 10.5 Å². The van der Waals surface area contributed by atoms with Crippen LogP contribution in [0.5, 0.6) is 0 Å². The molecule has 0 aliphatic heterocycles. The third-order valence-electron chi connectivity index (χ3n) is 2.05. The fraction of sp³-hybridized carbons (Fsp3) is 0.143. The maximum atomic E-state index is 8.77. The predicted octanol–water partition coefficient (Wildman–Crippen LogP) is 2.56. The average molecular weight is 223 g/mol. The first-order chi connectivity index (χ1) is 8.17. The van der Waals surface area contributed by atoms with Gasteiger partial charge in [0.25, 0.3) is 0 Å². The molecule has 0 atom stereocenters. The second-order valence-electron chi connectivity index (χ2n) is 3.70. The van der Waals surface area contributed by atoms with Crippen LogP contribution in [0.2, 0.25) is 0 Å². The first-order valence-corrected chi connectivity index (χ1v) is 5.13. The lowest BCUT2D eigenvalue weighted by Crippen LogP contribution is -2.02. The lowest BCUT2D eigenvalue weighted by Gasteiger charge is -2.09. The Kier molecular flexibility index (Phi) is 4.54. The van der Waals surface area contributed by atoms with Crippen molar-refractivity contribution in [3.8, 4) is 12.1 Å². The molecule has 84 valence electrons. The van der Waals surface area contributed by atoms with E-state index in [1.165, 1.54) is 0 Å². The predicted molar refractivity (Wildman–Crippen MR) is 67.4 cm³/mol. The zero-order valence-corrected chi connectivity index (χ0v) is 9.88. The van der Waals surface area contributed by atoms with Crippen molar-refractivity contribution in [2.75, 3.05) is 14.1 Å². The molecule has 0 aromatic heterocycles. The Labute approximate surface area is 102 Å². The molecule has 0 amide bonds. The first-order valence-electron chi connectivity index (χ1n) is 5.13. The summed E-state index contributed by atoms with van der Waals surface area (Å²) in [6.07, 6.45) is 3.47. The summed E-state index contributed by atoms with van der Waals surface area (Å²) in [6, 6.07) is 13.4. The number of hydrogen-bond donors (Lipinski definition) is 0. The highest BCUT2D eigenvalue weighted by atomic mass is 15.0. The van der Waals surface area contributed by atoms with Crippen molar-refractivity contribution in [2.45, 2.75) is 0 Å². The van der Waals surface area contributed by atoms with Crippen LogP contribution >= 0.6 is 0 Å². The number of benzene rings is 1.